The third kappa shape index (κ3) is 4.40. The molecule has 0 aliphatic carbocycles. The average molecular weight is 474 g/mol. The number of anilines is 1. The van der Waals surface area contributed by atoms with E-state index in [1.807, 2.05) is 6.07 Å². The minimum atomic E-state index is -3.81. The number of pyridine rings is 1. The zero-order chi connectivity index (χ0) is 23.0. The minimum absolute atomic E-state index is 0.0178. The largest absolute Gasteiger partial charge is 0.616 e. The number of nitrogens with two attached hydrogens (primary N) is 1. The number of halogens is 1. The van der Waals surface area contributed by atoms with Crippen LogP contribution < -0.4 is 19.5 Å². The summed E-state index contributed by atoms with van der Waals surface area (Å²) in [5.41, 5.74) is 2.09. The maximum Gasteiger partial charge on any atom is 0.387 e. The Labute approximate surface area is 190 Å². The van der Waals surface area contributed by atoms with Crippen LogP contribution in [0.25, 0.3) is 0 Å². The molecule has 8 nitrogen and oxygen atoms in total. The Morgan fingerprint density at radius 2 is 1.91 bits per heavy atom. The van der Waals surface area contributed by atoms with Gasteiger partial charge in [0, 0.05) is 30.6 Å². The first-order valence-corrected chi connectivity index (χ1v) is 11.7. The zero-order valence-electron chi connectivity index (χ0n) is 17.1. The molecule has 0 spiro atoms. The SMILES string of the molecule is Cc1ccc[n+]([O-])c1Oc1cc([C@H]2CC(=O)N(c3ccc(S(N)(=O)=O)cc3)C2)ccc1Cl. The summed E-state index contributed by atoms with van der Waals surface area (Å²) in [7, 11) is -3.81. The Bertz CT molecular complexity index is 1280. The Kier molecular flexibility index (Phi) is 5.81. The molecule has 1 fully saturated rings. The summed E-state index contributed by atoms with van der Waals surface area (Å²) < 4.78 is 29.3. The van der Waals surface area contributed by atoms with Crippen molar-refractivity contribution in [1.29, 1.82) is 0 Å². The summed E-state index contributed by atoms with van der Waals surface area (Å²) in [6.07, 6.45) is 1.61. The third-order valence-electron chi connectivity index (χ3n) is 5.34. The first kappa shape index (κ1) is 22.1. The van der Waals surface area contributed by atoms with Crippen molar-refractivity contribution in [2.75, 3.05) is 11.4 Å². The quantitative estimate of drug-likeness (QED) is 0.451. The number of hydrogen-bond donors (Lipinski definition) is 1. The molecule has 2 aromatic carbocycles. The monoisotopic (exact) mass is 473 g/mol. The van der Waals surface area contributed by atoms with Crippen molar-refractivity contribution in [3.8, 4) is 11.6 Å². The first-order valence-electron chi connectivity index (χ1n) is 9.73. The van der Waals surface area contributed by atoms with Crippen molar-refractivity contribution in [2.45, 2.75) is 24.2 Å². The number of sulfonamides is 1. The van der Waals surface area contributed by atoms with Gasteiger partial charge in [-0.2, -0.15) is 0 Å². The van der Waals surface area contributed by atoms with Gasteiger partial charge < -0.3 is 14.8 Å². The lowest BCUT2D eigenvalue weighted by molar-refractivity contribution is -0.611. The van der Waals surface area contributed by atoms with Gasteiger partial charge in [0.15, 0.2) is 11.9 Å². The van der Waals surface area contributed by atoms with Gasteiger partial charge in [0.25, 0.3) is 0 Å². The number of aromatic nitrogens is 1. The third-order valence-corrected chi connectivity index (χ3v) is 6.58. The highest BCUT2D eigenvalue weighted by Gasteiger charge is 2.32. The van der Waals surface area contributed by atoms with E-state index >= 15 is 0 Å². The molecule has 3 aromatic rings. The average Bonchev–Trinajstić information content (AvgIpc) is 3.13. The standard InChI is InChI=1S/C22H20ClN3O5S/c1-14-3-2-10-26(28)22(14)31-20-11-15(4-9-19(20)23)16-12-21(27)25(13-16)17-5-7-18(8-6-17)32(24,29)30/h2-11,16H,12-13H2,1H3,(H2,24,29,30)/t16-/m0/s1. The molecule has 1 amide bonds. The number of amides is 1. The highest BCUT2D eigenvalue weighted by atomic mass is 35.5. The molecule has 2 N–H and O–H groups in total. The smallest absolute Gasteiger partial charge is 0.387 e. The van der Waals surface area contributed by atoms with Gasteiger partial charge in [0.2, 0.25) is 15.9 Å². The van der Waals surface area contributed by atoms with E-state index in [4.69, 9.17) is 21.5 Å². The van der Waals surface area contributed by atoms with Gasteiger partial charge in [-0.15, -0.1) is 4.73 Å². The summed E-state index contributed by atoms with van der Waals surface area (Å²) in [5, 5.41) is 17.6. The number of hydrogen-bond acceptors (Lipinski definition) is 5. The van der Waals surface area contributed by atoms with Gasteiger partial charge >= 0.3 is 5.88 Å². The normalized spacial score (nSPS) is 16.4. The summed E-state index contributed by atoms with van der Waals surface area (Å²) in [4.78, 5) is 14.2. The van der Waals surface area contributed by atoms with Crippen LogP contribution in [0.15, 0.2) is 65.7 Å². The van der Waals surface area contributed by atoms with Gasteiger partial charge in [0.1, 0.15) is 0 Å². The van der Waals surface area contributed by atoms with E-state index < -0.39 is 10.0 Å². The Hall–Kier alpha value is -3.14. The summed E-state index contributed by atoms with van der Waals surface area (Å²) in [6.45, 7) is 2.16. The van der Waals surface area contributed by atoms with Crippen LogP contribution >= 0.6 is 11.6 Å². The molecule has 0 unspecified atom stereocenters. The second-order valence-electron chi connectivity index (χ2n) is 7.56. The van der Waals surface area contributed by atoms with E-state index in [1.54, 1.807) is 48.2 Å². The van der Waals surface area contributed by atoms with Crippen LogP contribution in [0.2, 0.25) is 5.02 Å². The number of ether oxygens (including phenoxy) is 1. The molecule has 1 aromatic heterocycles. The van der Waals surface area contributed by atoms with E-state index in [0.29, 0.717) is 33.3 Å². The number of benzene rings is 2. The lowest BCUT2D eigenvalue weighted by Gasteiger charge is -2.18. The molecule has 0 saturated carbocycles. The van der Waals surface area contributed by atoms with E-state index in [0.717, 1.165) is 5.56 Å². The Morgan fingerprint density at radius 1 is 1.19 bits per heavy atom. The predicted octanol–water partition coefficient (Wildman–Crippen LogP) is 3.24. The van der Waals surface area contributed by atoms with Gasteiger partial charge in [-0.25, -0.2) is 13.6 Å². The fraction of sp³-hybridized carbons (Fsp3) is 0.182. The molecule has 1 saturated heterocycles. The van der Waals surface area contributed by atoms with Crippen LogP contribution in [0.5, 0.6) is 11.6 Å². The molecule has 2 heterocycles. The minimum Gasteiger partial charge on any atom is -0.616 e. The second kappa shape index (κ2) is 8.42. The highest BCUT2D eigenvalue weighted by Crippen LogP contribution is 2.37. The number of nitrogens with zero attached hydrogens (tertiary/aromatic N) is 2. The van der Waals surface area contributed by atoms with Crippen LogP contribution in [-0.4, -0.2) is 20.9 Å². The summed E-state index contributed by atoms with van der Waals surface area (Å²) in [5.74, 6) is 0.237. The number of carbonyl (C=O) groups excluding carboxylic acids is 1. The summed E-state index contributed by atoms with van der Waals surface area (Å²) in [6, 6.07) is 14.5. The zero-order valence-corrected chi connectivity index (χ0v) is 18.6. The van der Waals surface area contributed by atoms with Crippen molar-refractivity contribution >= 4 is 33.2 Å². The second-order valence-corrected chi connectivity index (χ2v) is 9.53. The van der Waals surface area contributed by atoms with Crippen molar-refractivity contribution in [2.24, 2.45) is 5.14 Å². The Balaban J connectivity index is 1.57. The number of aryl methyl sites for hydroxylation is 1. The fourth-order valence-corrected chi connectivity index (χ4v) is 4.33. The van der Waals surface area contributed by atoms with E-state index in [-0.39, 0.29) is 29.0 Å². The lowest BCUT2D eigenvalue weighted by atomic mass is 9.98. The topological polar surface area (TPSA) is 117 Å². The van der Waals surface area contributed by atoms with Crippen LogP contribution in [0.1, 0.15) is 23.5 Å². The van der Waals surface area contributed by atoms with Crippen LogP contribution in [-0.2, 0) is 14.8 Å². The van der Waals surface area contributed by atoms with E-state index in [2.05, 4.69) is 0 Å². The highest BCUT2D eigenvalue weighted by molar-refractivity contribution is 7.89. The molecular formula is C22H20ClN3O5S. The molecule has 1 aliphatic rings. The van der Waals surface area contributed by atoms with Gasteiger partial charge in [0.05, 0.1) is 15.5 Å². The number of carbonyl (C=O) groups is 1. The number of rotatable bonds is 5. The summed E-state index contributed by atoms with van der Waals surface area (Å²) >= 11 is 6.29. The van der Waals surface area contributed by atoms with Crippen LogP contribution in [0, 0.1) is 12.1 Å². The Morgan fingerprint density at radius 3 is 2.56 bits per heavy atom. The maximum absolute atomic E-state index is 12.7. The maximum atomic E-state index is 12.7. The van der Waals surface area contributed by atoms with Gasteiger partial charge in [-0.3, -0.25) is 4.79 Å². The van der Waals surface area contributed by atoms with Gasteiger partial charge in [-0.1, -0.05) is 17.7 Å². The molecule has 32 heavy (non-hydrogen) atoms. The van der Waals surface area contributed by atoms with E-state index in [1.165, 1.54) is 18.3 Å². The molecule has 1 atom stereocenters. The van der Waals surface area contributed by atoms with Crippen molar-refractivity contribution in [3.05, 3.63) is 82.2 Å². The number of primary sulfonamides is 1. The molecular weight excluding hydrogens is 454 g/mol. The molecule has 10 heteroatoms. The lowest BCUT2D eigenvalue weighted by Crippen LogP contribution is -2.28. The molecule has 4 rings (SSSR count). The molecule has 0 bridgehead atoms. The first-order chi connectivity index (χ1) is 15.1. The van der Waals surface area contributed by atoms with Crippen LogP contribution in [0.3, 0.4) is 0 Å². The van der Waals surface area contributed by atoms with Crippen molar-refractivity contribution in [3.63, 3.8) is 0 Å². The molecule has 0 radical (unpaired) electrons. The molecule has 1 aliphatic heterocycles. The van der Waals surface area contributed by atoms with E-state index in [9.17, 15) is 18.4 Å². The van der Waals surface area contributed by atoms with Crippen LogP contribution in [0.4, 0.5) is 5.69 Å². The van der Waals surface area contributed by atoms with Gasteiger partial charge in [-0.05, 0) is 55.0 Å². The molecule has 166 valence electrons. The predicted molar refractivity (Wildman–Crippen MR) is 119 cm³/mol. The van der Waals surface area contributed by atoms with Crippen molar-refractivity contribution in [1.82, 2.24) is 0 Å². The fourth-order valence-electron chi connectivity index (χ4n) is 3.66. The van der Waals surface area contributed by atoms with Crippen molar-refractivity contribution < 1.29 is 22.7 Å².